The van der Waals surface area contributed by atoms with Crippen LogP contribution in [0.5, 0.6) is 11.5 Å². The van der Waals surface area contributed by atoms with Crippen LogP contribution in [0.1, 0.15) is 18.4 Å². The molecular weight excluding hydrogens is 322 g/mol. The number of hydrogen-bond acceptors (Lipinski definition) is 5. The Labute approximate surface area is 148 Å². The van der Waals surface area contributed by atoms with Gasteiger partial charge in [0.15, 0.2) is 17.5 Å². The van der Waals surface area contributed by atoms with E-state index in [0.717, 1.165) is 68.8 Å². The molecular formula is C18H27N3O4. The van der Waals surface area contributed by atoms with Crippen LogP contribution in [0.2, 0.25) is 0 Å². The predicted octanol–water partition coefficient (Wildman–Crippen LogP) is 1.52. The highest BCUT2D eigenvalue weighted by Crippen LogP contribution is 2.32. The van der Waals surface area contributed by atoms with Gasteiger partial charge in [-0.2, -0.15) is 0 Å². The summed E-state index contributed by atoms with van der Waals surface area (Å²) in [5.41, 5.74) is 1.12. The van der Waals surface area contributed by atoms with Gasteiger partial charge in [-0.1, -0.05) is 6.07 Å². The molecule has 0 aromatic heterocycles. The minimum absolute atomic E-state index is 0.297. The van der Waals surface area contributed by atoms with Crippen molar-refractivity contribution < 1.29 is 18.9 Å². The summed E-state index contributed by atoms with van der Waals surface area (Å²) in [5.74, 6) is 2.95. The third-order valence-electron chi connectivity index (χ3n) is 4.26. The highest BCUT2D eigenvalue weighted by atomic mass is 16.7. The summed E-state index contributed by atoms with van der Waals surface area (Å²) >= 11 is 0. The quantitative estimate of drug-likeness (QED) is 0.421. The van der Waals surface area contributed by atoms with Crippen LogP contribution >= 0.6 is 0 Å². The summed E-state index contributed by atoms with van der Waals surface area (Å²) in [5, 5.41) is 6.60. The van der Waals surface area contributed by atoms with E-state index < -0.39 is 0 Å². The molecule has 1 unspecified atom stereocenters. The maximum Gasteiger partial charge on any atom is 0.231 e. The summed E-state index contributed by atoms with van der Waals surface area (Å²) in [6, 6.07) is 5.94. The van der Waals surface area contributed by atoms with E-state index in [1.54, 1.807) is 7.05 Å². The smallest absolute Gasteiger partial charge is 0.231 e. The summed E-state index contributed by atoms with van der Waals surface area (Å²) in [6.45, 7) is 5.07. The van der Waals surface area contributed by atoms with Crippen molar-refractivity contribution in [1.82, 2.24) is 10.6 Å². The van der Waals surface area contributed by atoms with Crippen molar-refractivity contribution in [2.45, 2.75) is 19.4 Å². The molecule has 1 aromatic rings. The van der Waals surface area contributed by atoms with Gasteiger partial charge >= 0.3 is 0 Å². The van der Waals surface area contributed by atoms with Gasteiger partial charge in [0, 0.05) is 39.3 Å². The molecule has 7 nitrogen and oxygen atoms in total. The van der Waals surface area contributed by atoms with Gasteiger partial charge in [-0.15, -0.1) is 0 Å². The summed E-state index contributed by atoms with van der Waals surface area (Å²) < 4.78 is 21.8. The van der Waals surface area contributed by atoms with Gasteiger partial charge in [0.05, 0.1) is 13.2 Å². The first-order valence-corrected chi connectivity index (χ1v) is 8.83. The van der Waals surface area contributed by atoms with Crippen LogP contribution in [0.4, 0.5) is 0 Å². The molecule has 0 spiro atoms. The molecule has 1 saturated heterocycles. The van der Waals surface area contributed by atoms with Crippen LogP contribution < -0.4 is 20.1 Å². The lowest BCUT2D eigenvalue weighted by Gasteiger charge is -2.13. The average Bonchev–Trinajstić information content (AvgIpc) is 3.31. The van der Waals surface area contributed by atoms with Gasteiger partial charge in [-0.05, 0) is 30.5 Å². The fraction of sp³-hybridized carbons (Fsp3) is 0.611. The second kappa shape index (κ2) is 9.48. The van der Waals surface area contributed by atoms with Crippen molar-refractivity contribution in [3.8, 4) is 11.5 Å². The van der Waals surface area contributed by atoms with E-state index in [1.807, 2.05) is 18.2 Å². The normalized spacial score (nSPS) is 19.2. The zero-order valence-electron chi connectivity index (χ0n) is 14.8. The van der Waals surface area contributed by atoms with Gasteiger partial charge in [-0.3, -0.25) is 4.99 Å². The Balaban J connectivity index is 1.29. The van der Waals surface area contributed by atoms with Crippen molar-refractivity contribution in [3.05, 3.63) is 23.8 Å². The zero-order chi connectivity index (χ0) is 17.3. The standard InChI is InChI=1S/C18H27N3O4/c1-19-18(20-6-2-7-22-11-15-5-8-23-12-15)21-10-14-3-4-16-17(9-14)25-13-24-16/h3-4,9,15H,2,5-8,10-13H2,1H3,(H2,19,20,21). The van der Waals surface area contributed by atoms with Gasteiger partial charge in [0.1, 0.15) is 0 Å². The van der Waals surface area contributed by atoms with E-state index in [-0.39, 0.29) is 0 Å². The van der Waals surface area contributed by atoms with E-state index >= 15 is 0 Å². The van der Waals surface area contributed by atoms with Gasteiger partial charge in [-0.25, -0.2) is 0 Å². The van der Waals surface area contributed by atoms with Crippen LogP contribution in [0.3, 0.4) is 0 Å². The van der Waals surface area contributed by atoms with Crippen molar-refractivity contribution in [2.75, 3.05) is 46.8 Å². The Kier molecular flexibility index (Phi) is 6.76. The minimum atomic E-state index is 0.297. The first-order chi connectivity index (χ1) is 12.3. The molecule has 1 aromatic carbocycles. The number of fused-ring (bicyclic) bond motifs is 1. The molecule has 25 heavy (non-hydrogen) atoms. The number of benzene rings is 1. The zero-order valence-corrected chi connectivity index (χ0v) is 14.8. The SMILES string of the molecule is CN=C(NCCCOCC1CCOC1)NCc1ccc2c(c1)OCO2. The summed E-state index contributed by atoms with van der Waals surface area (Å²) in [4.78, 5) is 4.24. The Morgan fingerprint density at radius 3 is 3.04 bits per heavy atom. The molecule has 2 N–H and O–H groups in total. The molecule has 2 aliphatic heterocycles. The lowest BCUT2D eigenvalue weighted by Crippen LogP contribution is -2.37. The van der Waals surface area contributed by atoms with Crippen LogP contribution in [0.15, 0.2) is 23.2 Å². The first kappa shape index (κ1) is 17.8. The molecule has 0 bridgehead atoms. The molecule has 0 amide bonds. The van der Waals surface area contributed by atoms with Crippen LogP contribution in [0, 0.1) is 5.92 Å². The van der Waals surface area contributed by atoms with E-state index in [0.29, 0.717) is 19.3 Å². The molecule has 0 radical (unpaired) electrons. The maximum absolute atomic E-state index is 5.70. The highest BCUT2D eigenvalue weighted by molar-refractivity contribution is 5.79. The van der Waals surface area contributed by atoms with Gasteiger partial charge < -0.3 is 29.6 Å². The Bertz CT molecular complexity index is 573. The van der Waals surface area contributed by atoms with Crippen molar-refractivity contribution in [1.29, 1.82) is 0 Å². The lowest BCUT2D eigenvalue weighted by molar-refractivity contribution is 0.0888. The number of rotatable bonds is 8. The monoisotopic (exact) mass is 349 g/mol. The fourth-order valence-electron chi connectivity index (χ4n) is 2.80. The number of nitrogens with one attached hydrogen (secondary N) is 2. The number of nitrogens with zero attached hydrogens (tertiary/aromatic N) is 1. The number of hydrogen-bond donors (Lipinski definition) is 2. The molecule has 0 aliphatic carbocycles. The molecule has 3 rings (SSSR count). The Hall–Kier alpha value is -1.99. The molecule has 138 valence electrons. The van der Waals surface area contributed by atoms with E-state index in [1.165, 1.54) is 0 Å². The maximum atomic E-state index is 5.70. The summed E-state index contributed by atoms with van der Waals surface area (Å²) in [6.07, 6.45) is 2.06. The van der Waals surface area contributed by atoms with Gasteiger partial charge in [0.2, 0.25) is 6.79 Å². The largest absolute Gasteiger partial charge is 0.454 e. The number of guanidine groups is 1. The third-order valence-corrected chi connectivity index (χ3v) is 4.26. The van der Waals surface area contributed by atoms with E-state index in [9.17, 15) is 0 Å². The second-order valence-corrected chi connectivity index (χ2v) is 6.20. The first-order valence-electron chi connectivity index (χ1n) is 8.83. The Morgan fingerprint density at radius 1 is 1.28 bits per heavy atom. The predicted molar refractivity (Wildman–Crippen MR) is 95.1 cm³/mol. The average molecular weight is 349 g/mol. The van der Waals surface area contributed by atoms with Crippen molar-refractivity contribution >= 4 is 5.96 Å². The highest BCUT2D eigenvalue weighted by Gasteiger charge is 2.15. The third kappa shape index (κ3) is 5.51. The number of ether oxygens (including phenoxy) is 4. The number of aliphatic imine (C=N–C) groups is 1. The van der Waals surface area contributed by atoms with Crippen LogP contribution in [-0.4, -0.2) is 52.8 Å². The Morgan fingerprint density at radius 2 is 2.20 bits per heavy atom. The van der Waals surface area contributed by atoms with Crippen LogP contribution in [-0.2, 0) is 16.0 Å². The molecule has 7 heteroatoms. The van der Waals surface area contributed by atoms with Crippen molar-refractivity contribution in [3.63, 3.8) is 0 Å². The molecule has 2 heterocycles. The van der Waals surface area contributed by atoms with E-state index in [4.69, 9.17) is 18.9 Å². The molecule has 1 atom stereocenters. The topological polar surface area (TPSA) is 73.3 Å². The van der Waals surface area contributed by atoms with E-state index in [2.05, 4.69) is 15.6 Å². The lowest BCUT2D eigenvalue weighted by atomic mass is 10.1. The molecule has 1 fully saturated rings. The molecule has 0 saturated carbocycles. The van der Waals surface area contributed by atoms with Crippen molar-refractivity contribution in [2.24, 2.45) is 10.9 Å². The summed E-state index contributed by atoms with van der Waals surface area (Å²) in [7, 11) is 1.77. The van der Waals surface area contributed by atoms with Crippen LogP contribution in [0.25, 0.3) is 0 Å². The minimum Gasteiger partial charge on any atom is -0.454 e. The second-order valence-electron chi connectivity index (χ2n) is 6.20. The fourth-order valence-corrected chi connectivity index (χ4v) is 2.80. The van der Waals surface area contributed by atoms with Gasteiger partial charge in [0.25, 0.3) is 0 Å². The molecule has 2 aliphatic rings.